The van der Waals surface area contributed by atoms with E-state index in [2.05, 4.69) is 6.92 Å². The molecule has 41 valence electrons. The van der Waals surface area contributed by atoms with E-state index in [-0.39, 0.29) is 6.23 Å². The molecule has 0 aliphatic carbocycles. The molecule has 1 saturated heterocycles. The fourth-order valence-corrected chi connectivity index (χ4v) is 0.688. The van der Waals surface area contributed by atoms with E-state index < -0.39 is 0 Å². The lowest BCUT2D eigenvalue weighted by Crippen LogP contribution is -2.47. The predicted octanol–water partition coefficient (Wildman–Crippen LogP) is -0.155. The largest absolute Gasteiger partial charge is 0.378 e. The Bertz CT molecular complexity index is 63.1. The Morgan fingerprint density at radius 1 is 1.86 bits per heavy atom. The Labute approximate surface area is 43.7 Å². The van der Waals surface area contributed by atoms with Gasteiger partial charge in [0.15, 0.2) is 0 Å². The van der Waals surface area contributed by atoms with Crippen LogP contribution in [-0.4, -0.2) is 29.3 Å². The highest BCUT2D eigenvalue weighted by atomic mass is 16.3. The molecule has 1 aliphatic rings. The van der Waals surface area contributed by atoms with Crippen molar-refractivity contribution < 1.29 is 5.11 Å². The van der Waals surface area contributed by atoms with Crippen molar-refractivity contribution in [2.24, 2.45) is 0 Å². The first-order valence-corrected chi connectivity index (χ1v) is 2.56. The highest BCUT2D eigenvalue weighted by molar-refractivity contribution is 4.73. The molecule has 1 N–H and O–H groups in total. The number of aliphatic hydroxyl groups is 1. The van der Waals surface area contributed by atoms with E-state index in [1.54, 1.807) is 0 Å². The second-order valence-corrected chi connectivity index (χ2v) is 1.81. The molecule has 2 nitrogen and oxygen atoms in total. The van der Waals surface area contributed by atoms with E-state index in [1.807, 2.05) is 4.90 Å². The zero-order chi connectivity index (χ0) is 5.28. The molecule has 1 rings (SSSR count). The molecule has 2 heteroatoms. The van der Waals surface area contributed by atoms with Crippen LogP contribution >= 0.6 is 0 Å². The Morgan fingerprint density at radius 2 is 2.57 bits per heavy atom. The van der Waals surface area contributed by atoms with E-state index in [0.29, 0.717) is 0 Å². The van der Waals surface area contributed by atoms with Gasteiger partial charge < -0.3 is 5.11 Å². The van der Waals surface area contributed by atoms with Crippen LogP contribution < -0.4 is 0 Å². The van der Waals surface area contributed by atoms with Crippen LogP contribution in [0.2, 0.25) is 0 Å². The molecule has 1 atom stereocenters. The van der Waals surface area contributed by atoms with Crippen molar-refractivity contribution in [1.82, 2.24) is 4.90 Å². The standard InChI is InChI=1S/C5H10NO/c1-2-6-4-3-5(6)7/h5,7H,1-4H2. The first kappa shape index (κ1) is 5.06. The summed E-state index contributed by atoms with van der Waals surface area (Å²) in [6.07, 6.45) is 0.743. The van der Waals surface area contributed by atoms with Gasteiger partial charge in [-0.05, 0) is 13.3 Å². The fourth-order valence-electron chi connectivity index (χ4n) is 0.688. The van der Waals surface area contributed by atoms with E-state index in [4.69, 9.17) is 5.11 Å². The van der Waals surface area contributed by atoms with Crippen LogP contribution in [-0.2, 0) is 0 Å². The predicted molar refractivity (Wildman–Crippen MR) is 27.6 cm³/mol. The Hall–Kier alpha value is -0.0800. The average molecular weight is 100 g/mol. The van der Waals surface area contributed by atoms with Crippen molar-refractivity contribution in [3.63, 3.8) is 0 Å². The second kappa shape index (κ2) is 1.80. The zero-order valence-corrected chi connectivity index (χ0v) is 4.30. The van der Waals surface area contributed by atoms with Crippen LogP contribution in [0.25, 0.3) is 0 Å². The number of nitrogens with zero attached hydrogens (tertiary/aromatic N) is 1. The summed E-state index contributed by atoms with van der Waals surface area (Å²) in [6.45, 7) is 5.38. The summed E-state index contributed by atoms with van der Waals surface area (Å²) in [7, 11) is 0. The van der Waals surface area contributed by atoms with Gasteiger partial charge in [0.1, 0.15) is 6.23 Å². The highest BCUT2D eigenvalue weighted by Gasteiger charge is 2.22. The van der Waals surface area contributed by atoms with Crippen LogP contribution in [0.4, 0.5) is 0 Å². The molecule has 1 unspecified atom stereocenters. The molecule has 0 aromatic rings. The Balaban J connectivity index is 2.16. The normalized spacial score (nSPS) is 32.6. The fraction of sp³-hybridized carbons (Fsp3) is 0.800. The quantitative estimate of drug-likeness (QED) is 0.495. The van der Waals surface area contributed by atoms with E-state index in [1.165, 1.54) is 0 Å². The first-order valence-electron chi connectivity index (χ1n) is 2.56. The van der Waals surface area contributed by atoms with Crippen molar-refractivity contribution in [1.29, 1.82) is 0 Å². The summed E-state index contributed by atoms with van der Waals surface area (Å²) in [5, 5.41) is 8.79. The summed E-state index contributed by atoms with van der Waals surface area (Å²) in [5.74, 6) is 0. The molecule has 0 aromatic heterocycles. The molecular weight excluding hydrogens is 90.1 g/mol. The number of aliphatic hydroxyl groups excluding tert-OH is 1. The minimum absolute atomic E-state index is 0.183. The SMILES string of the molecule is [CH2]CN1CCC1O. The Kier molecular flexibility index (Phi) is 1.30. The molecular formula is C5H10NO. The Morgan fingerprint density at radius 3 is 2.57 bits per heavy atom. The van der Waals surface area contributed by atoms with Crippen molar-refractivity contribution >= 4 is 0 Å². The van der Waals surface area contributed by atoms with E-state index in [9.17, 15) is 0 Å². The minimum atomic E-state index is -0.183. The lowest BCUT2D eigenvalue weighted by Gasteiger charge is -2.35. The third-order valence-electron chi connectivity index (χ3n) is 1.38. The smallest absolute Gasteiger partial charge is 0.108 e. The third kappa shape index (κ3) is 0.763. The lowest BCUT2D eigenvalue weighted by molar-refractivity contribution is -0.0663. The van der Waals surface area contributed by atoms with Gasteiger partial charge >= 0.3 is 0 Å². The molecule has 1 heterocycles. The second-order valence-electron chi connectivity index (χ2n) is 1.81. The van der Waals surface area contributed by atoms with Crippen molar-refractivity contribution in [3.05, 3.63) is 6.92 Å². The van der Waals surface area contributed by atoms with Crippen LogP contribution in [0.15, 0.2) is 0 Å². The molecule has 0 bridgehead atoms. The molecule has 0 saturated carbocycles. The summed E-state index contributed by atoms with van der Waals surface area (Å²) < 4.78 is 0. The highest BCUT2D eigenvalue weighted by Crippen LogP contribution is 2.11. The van der Waals surface area contributed by atoms with Gasteiger partial charge in [-0.2, -0.15) is 0 Å². The van der Waals surface area contributed by atoms with Crippen molar-refractivity contribution in [2.45, 2.75) is 12.6 Å². The van der Waals surface area contributed by atoms with E-state index >= 15 is 0 Å². The summed E-state index contributed by atoms with van der Waals surface area (Å²) in [6, 6.07) is 0. The zero-order valence-electron chi connectivity index (χ0n) is 4.30. The van der Waals surface area contributed by atoms with Gasteiger partial charge in [-0.1, -0.05) is 0 Å². The lowest BCUT2D eigenvalue weighted by atomic mass is 10.2. The van der Waals surface area contributed by atoms with Gasteiger partial charge in [-0.3, -0.25) is 4.90 Å². The summed E-state index contributed by atoms with van der Waals surface area (Å²) in [5.41, 5.74) is 0. The monoisotopic (exact) mass is 100 g/mol. The number of hydrogen-bond acceptors (Lipinski definition) is 2. The average Bonchev–Trinajstić information content (AvgIpc) is 1.65. The van der Waals surface area contributed by atoms with E-state index in [0.717, 1.165) is 19.5 Å². The maximum Gasteiger partial charge on any atom is 0.108 e. The number of hydrogen-bond donors (Lipinski definition) is 1. The van der Waals surface area contributed by atoms with Crippen molar-refractivity contribution in [3.8, 4) is 0 Å². The molecule has 1 fully saturated rings. The van der Waals surface area contributed by atoms with Gasteiger partial charge in [-0.15, -0.1) is 0 Å². The van der Waals surface area contributed by atoms with Crippen LogP contribution in [0.1, 0.15) is 6.42 Å². The van der Waals surface area contributed by atoms with Crippen LogP contribution in [0.3, 0.4) is 0 Å². The molecule has 0 amide bonds. The third-order valence-corrected chi connectivity index (χ3v) is 1.38. The van der Waals surface area contributed by atoms with Crippen LogP contribution in [0.5, 0.6) is 0 Å². The van der Waals surface area contributed by atoms with Gasteiger partial charge in [-0.25, -0.2) is 0 Å². The molecule has 0 spiro atoms. The molecule has 1 radical (unpaired) electrons. The van der Waals surface area contributed by atoms with Crippen LogP contribution in [0, 0.1) is 6.92 Å². The topological polar surface area (TPSA) is 23.5 Å². The number of likely N-dealkylation sites (tertiary alicyclic amines) is 1. The van der Waals surface area contributed by atoms with Crippen molar-refractivity contribution in [2.75, 3.05) is 13.1 Å². The number of rotatable bonds is 1. The maximum absolute atomic E-state index is 8.79. The summed E-state index contributed by atoms with van der Waals surface area (Å²) in [4.78, 5) is 1.92. The van der Waals surface area contributed by atoms with Gasteiger partial charge in [0.2, 0.25) is 0 Å². The summed E-state index contributed by atoms with van der Waals surface area (Å²) >= 11 is 0. The first-order chi connectivity index (χ1) is 3.34. The minimum Gasteiger partial charge on any atom is -0.378 e. The molecule has 0 aromatic carbocycles. The van der Waals surface area contributed by atoms with Gasteiger partial charge in [0.05, 0.1) is 0 Å². The molecule has 1 aliphatic heterocycles. The van der Waals surface area contributed by atoms with Gasteiger partial charge in [0.25, 0.3) is 0 Å². The maximum atomic E-state index is 8.79. The van der Waals surface area contributed by atoms with Gasteiger partial charge in [0, 0.05) is 13.1 Å². The molecule has 7 heavy (non-hydrogen) atoms.